The number of hydrogen-bond donors (Lipinski definition) is 1. The van der Waals surface area contributed by atoms with Crippen molar-refractivity contribution in [1.29, 1.82) is 0 Å². The zero-order chi connectivity index (χ0) is 11.3. The maximum atomic E-state index is 11.9. The molecule has 0 aliphatic rings. The second-order valence-corrected chi connectivity index (χ2v) is 3.68. The van der Waals surface area contributed by atoms with Gasteiger partial charge in [-0.2, -0.15) is 8.78 Å². The summed E-state index contributed by atoms with van der Waals surface area (Å²) >= 11 is 0. The molecule has 2 nitrogen and oxygen atoms in total. The molecule has 0 unspecified atom stereocenters. The summed E-state index contributed by atoms with van der Waals surface area (Å²) < 4.78 is 28.1. The minimum atomic E-state index is -2.77. The molecule has 0 radical (unpaired) electrons. The van der Waals surface area contributed by atoms with Gasteiger partial charge in [-0.25, -0.2) is 0 Å². The van der Waals surface area contributed by atoms with Gasteiger partial charge in [0.25, 0.3) is 0 Å². The van der Waals surface area contributed by atoms with Gasteiger partial charge in [-0.05, 0) is 18.1 Å². The molecule has 0 amide bonds. The summed E-state index contributed by atoms with van der Waals surface area (Å²) in [4.78, 5) is 0. The van der Waals surface area contributed by atoms with Gasteiger partial charge in [0.1, 0.15) is 5.75 Å². The van der Waals surface area contributed by atoms with E-state index in [9.17, 15) is 8.78 Å². The fraction of sp³-hybridized carbons (Fsp3) is 0.455. The Bertz CT molecular complexity index is 302. The number of nitrogens with one attached hydrogen (secondary N) is 1. The molecule has 84 valence electrons. The highest BCUT2D eigenvalue weighted by Gasteiger charge is 2.04. The summed E-state index contributed by atoms with van der Waals surface area (Å²) in [6.07, 6.45) is 0. The first-order chi connectivity index (χ1) is 7.08. The molecule has 0 aromatic heterocycles. The number of ether oxygens (including phenoxy) is 1. The second-order valence-electron chi connectivity index (χ2n) is 3.68. The van der Waals surface area contributed by atoms with Crippen LogP contribution in [0.5, 0.6) is 5.75 Å². The van der Waals surface area contributed by atoms with Gasteiger partial charge in [-0.3, -0.25) is 0 Å². The number of benzene rings is 1. The maximum absolute atomic E-state index is 11.9. The number of alkyl halides is 2. The predicted octanol–water partition coefficient (Wildman–Crippen LogP) is 3.36. The van der Waals surface area contributed by atoms with E-state index in [0.29, 0.717) is 5.92 Å². The quantitative estimate of drug-likeness (QED) is 0.813. The molecule has 15 heavy (non-hydrogen) atoms. The van der Waals surface area contributed by atoms with Crippen LogP contribution in [0.1, 0.15) is 13.8 Å². The van der Waals surface area contributed by atoms with Crippen molar-refractivity contribution < 1.29 is 13.5 Å². The van der Waals surface area contributed by atoms with Gasteiger partial charge in [0.15, 0.2) is 0 Å². The van der Waals surface area contributed by atoms with Crippen molar-refractivity contribution in [2.24, 2.45) is 5.92 Å². The number of rotatable bonds is 5. The first-order valence-corrected chi connectivity index (χ1v) is 4.86. The Balaban J connectivity index is 2.57. The Labute approximate surface area is 88.3 Å². The van der Waals surface area contributed by atoms with Crippen LogP contribution >= 0.6 is 0 Å². The summed E-state index contributed by atoms with van der Waals surface area (Å²) in [5.41, 5.74) is 0.793. The fourth-order valence-electron chi connectivity index (χ4n) is 1.10. The Morgan fingerprint density at radius 3 is 2.67 bits per heavy atom. The number of hydrogen-bond acceptors (Lipinski definition) is 2. The number of halogens is 2. The van der Waals surface area contributed by atoms with E-state index in [2.05, 4.69) is 23.9 Å². The Kier molecular flexibility index (Phi) is 4.34. The van der Waals surface area contributed by atoms with Gasteiger partial charge in [0.05, 0.1) is 0 Å². The van der Waals surface area contributed by atoms with Crippen LogP contribution in [-0.2, 0) is 0 Å². The minimum absolute atomic E-state index is 0.179. The molecule has 0 fully saturated rings. The molecule has 0 bridgehead atoms. The van der Waals surface area contributed by atoms with Gasteiger partial charge in [0.2, 0.25) is 0 Å². The molecule has 0 spiro atoms. The molecule has 4 heteroatoms. The lowest BCUT2D eigenvalue weighted by Gasteiger charge is -2.10. The Hall–Kier alpha value is -1.32. The van der Waals surface area contributed by atoms with Crippen molar-refractivity contribution in [3.8, 4) is 5.75 Å². The third kappa shape index (κ3) is 4.63. The van der Waals surface area contributed by atoms with E-state index in [1.54, 1.807) is 12.1 Å². The van der Waals surface area contributed by atoms with Gasteiger partial charge in [0, 0.05) is 18.3 Å². The predicted molar refractivity (Wildman–Crippen MR) is 56.4 cm³/mol. The Morgan fingerprint density at radius 2 is 2.07 bits per heavy atom. The molecule has 1 aromatic carbocycles. The lowest BCUT2D eigenvalue weighted by atomic mass is 10.2. The average Bonchev–Trinajstić information content (AvgIpc) is 2.14. The summed E-state index contributed by atoms with van der Waals surface area (Å²) in [5, 5.41) is 3.13. The van der Waals surface area contributed by atoms with Crippen molar-refractivity contribution in [2.45, 2.75) is 20.5 Å². The normalized spacial score (nSPS) is 10.8. The van der Waals surface area contributed by atoms with E-state index in [4.69, 9.17) is 0 Å². The molecule has 0 aliphatic carbocycles. The van der Waals surface area contributed by atoms with Crippen LogP contribution in [0.3, 0.4) is 0 Å². The van der Waals surface area contributed by atoms with Crippen LogP contribution in [-0.4, -0.2) is 13.2 Å². The molecule has 0 aliphatic heterocycles. The highest BCUT2D eigenvalue weighted by molar-refractivity contribution is 5.48. The summed E-state index contributed by atoms with van der Waals surface area (Å²) in [7, 11) is 0. The van der Waals surface area contributed by atoms with Crippen LogP contribution in [0.4, 0.5) is 14.5 Å². The van der Waals surface area contributed by atoms with Gasteiger partial charge in [-0.1, -0.05) is 19.9 Å². The largest absolute Gasteiger partial charge is 0.435 e. The van der Waals surface area contributed by atoms with Crippen LogP contribution in [0.2, 0.25) is 0 Å². The van der Waals surface area contributed by atoms with Gasteiger partial charge >= 0.3 is 6.61 Å². The van der Waals surface area contributed by atoms with Gasteiger partial charge in [-0.15, -0.1) is 0 Å². The lowest BCUT2D eigenvalue weighted by molar-refractivity contribution is -0.0498. The molecule has 1 rings (SSSR count). The van der Waals surface area contributed by atoms with Crippen LogP contribution in [0.15, 0.2) is 24.3 Å². The van der Waals surface area contributed by atoms with Crippen LogP contribution in [0.25, 0.3) is 0 Å². The van der Waals surface area contributed by atoms with E-state index >= 15 is 0 Å². The minimum Gasteiger partial charge on any atom is -0.435 e. The molecule has 0 saturated heterocycles. The molecule has 0 atom stereocenters. The SMILES string of the molecule is CC(C)CNc1cccc(OC(F)F)c1. The monoisotopic (exact) mass is 215 g/mol. The molecule has 1 N–H and O–H groups in total. The van der Waals surface area contributed by atoms with E-state index in [1.165, 1.54) is 6.07 Å². The van der Waals surface area contributed by atoms with E-state index in [1.807, 2.05) is 6.07 Å². The smallest absolute Gasteiger partial charge is 0.387 e. The summed E-state index contributed by atoms with van der Waals surface area (Å²) in [6.45, 7) is 2.18. The van der Waals surface area contributed by atoms with Gasteiger partial charge < -0.3 is 10.1 Å². The Morgan fingerprint density at radius 1 is 1.33 bits per heavy atom. The van der Waals surface area contributed by atoms with Crippen molar-refractivity contribution in [3.63, 3.8) is 0 Å². The number of anilines is 1. The maximum Gasteiger partial charge on any atom is 0.387 e. The third-order valence-corrected chi connectivity index (χ3v) is 1.77. The van der Waals surface area contributed by atoms with Crippen LogP contribution in [0, 0.1) is 5.92 Å². The van der Waals surface area contributed by atoms with Crippen molar-refractivity contribution in [2.75, 3.05) is 11.9 Å². The zero-order valence-electron chi connectivity index (χ0n) is 8.84. The third-order valence-electron chi connectivity index (χ3n) is 1.77. The standard InChI is InChI=1S/C11H15F2NO/c1-8(2)7-14-9-4-3-5-10(6-9)15-11(12)13/h3-6,8,11,14H,7H2,1-2H3. The van der Waals surface area contributed by atoms with Crippen LogP contribution < -0.4 is 10.1 Å². The van der Waals surface area contributed by atoms with E-state index < -0.39 is 6.61 Å². The summed E-state index contributed by atoms with van der Waals surface area (Å²) in [5.74, 6) is 0.684. The van der Waals surface area contributed by atoms with Crippen molar-refractivity contribution >= 4 is 5.69 Å². The highest BCUT2D eigenvalue weighted by atomic mass is 19.3. The highest BCUT2D eigenvalue weighted by Crippen LogP contribution is 2.19. The molecule has 0 heterocycles. The first kappa shape index (κ1) is 11.8. The molecule has 1 aromatic rings. The zero-order valence-corrected chi connectivity index (χ0v) is 8.84. The van der Waals surface area contributed by atoms with Crippen molar-refractivity contribution in [1.82, 2.24) is 0 Å². The molecular weight excluding hydrogens is 200 g/mol. The van der Waals surface area contributed by atoms with E-state index in [0.717, 1.165) is 12.2 Å². The van der Waals surface area contributed by atoms with Crippen molar-refractivity contribution in [3.05, 3.63) is 24.3 Å². The second kappa shape index (κ2) is 5.53. The first-order valence-electron chi connectivity index (χ1n) is 4.86. The molecule has 0 saturated carbocycles. The van der Waals surface area contributed by atoms with E-state index in [-0.39, 0.29) is 5.75 Å². The molecular formula is C11H15F2NO. The fourth-order valence-corrected chi connectivity index (χ4v) is 1.10. The topological polar surface area (TPSA) is 21.3 Å². The summed E-state index contributed by atoms with van der Waals surface area (Å²) in [6, 6.07) is 6.57. The average molecular weight is 215 g/mol. The lowest BCUT2D eigenvalue weighted by Crippen LogP contribution is -2.08.